The summed E-state index contributed by atoms with van der Waals surface area (Å²) in [6.07, 6.45) is 2.79. The molecule has 3 heterocycles. The van der Waals surface area contributed by atoms with Crippen LogP contribution in [0.4, 0.5) is 0 Å². The summed E-state index contributed by atoms with van der Waals surface area (Å²) in [5.74, 6) is 0.0458. The third-order valence-electron chi connectivity index (χ3n) is 5.31. The molecule has 2 aromatic rings. The predicted octanol–water partition coefficient (Wildman–Crippen LogP) is 0.988. The molecular formula is C18H23N5O2. The third-order valence-corrected chi connectivity index (χ3v) is 5.31. The van der Waals surface area contributed by atoms with Gasteiger partial charge >= 0.3 is 0 Å². The van der Waals surface area contributed by atoms with Gasteiger partial charge in [0.25, 0.3) is 5.91 Å². The molecule has 2 aliphatic heterocycles. The van der Waals surface area contributed by atoms with Crippen molar-refractivity contribution in [1.82, 2.24) is 25.3 Å². The van der Waals surface area contributed by atoms with Gasteiger partial charge in [-0.3, -0.25) is 19.6 Å². The van der Waals surface area contributed by atoms with E-state index in [4.69, 9.17) is 0 Å². The number of amides is 2. The Morgan fingerprint density at radius 3 is 2.92 bits per heavy atom. The lowest BCUT2D eigenvalue weighted by Crippen LogP contribution is -2.52. The molecule has 2 saturated heterocycles. The van der Waals surface area contributed by atoms with Crippen LogP contribution >= 0.6 is 0 Å². The van der Waals surface area contributed by atoms with Crippen molar-refractivity contribution in [3.8, 4) is 0 Å². The molecule has 2 amide bonds. The summed E-state index contributed by atoms with van der Waals surface area (Å²) in [6, 6.07) is 7.64. The Kier molecular flexibility index (Phi) is 4.17. The van der Waals surface area contributed by atoms with E-state index in [1.54, 1.807) is 4.90 Å². The lowest BCUT2D eigenvalue weighted by molar-refractivity contribution is -0.131. The van der Waals surface area contributed by atoms with Crippen LogP contribution in [-0.4, -0.2) is 70.6 Å². The van der Waals surface area contributed by atoms with Crippen LogP contribution in [0.3, 0.4) is 0 Å². The summed E-state index contributed by atoms with van der Waals surface area (Å²) in [5.41, 5.74) is 1.29. The smallest absolute Gasteiger partial charge is 0.272 e. The van der Waals surface area contributed by atoms with Crippen molar-refractivity contribution in [2.75, 3.05) is 26.7 Å². The maximum Gasteiger partial charge on any atom is 0.272 e. The van der Waals surface area contributed by atoms with Gasteiger partial charge in [0.15, 0.2) is 5.69 Å². The number of nitrogens with one attached hydrogen (secondary N) is 2. The Bertz CT molecular complexity index is 802. The number of likely N-dealkylation sites (N-methyl/N-ethyl adjacent to an activating group) is 1. The van der Waals surface area contributed by atoms with Gasteiger partial charge in [-0.15, -0.1) is 0 Å². The van der Waals surface area contributed by atoms with Crippen LogP contribution in [0.2, 0.25) is 0 Å². The lowest BCUT2D eigenvalue weighted by atomic mass is 10.0. The van der Waals surface area contributed by atoms with E-state index in [0.29, 0.717) is 5.69 Å². The number of benzene rings is 1. The highest BCUT2D eigenvalue weighted by Crippen LogP contribution is 2.21. The Labute approximate surface area is 146 Å². The fourth-order valence-electron chi connectivity index (χ4n) is 3.94. The van der Waals surface area contributed by atoms with Gasteiger partial charge in [0, 0.05) is 31.6 Å². The molecule has 1 aromatic carbocycles. The molecule has 0 aliphatic carbocycles. The lowest BCUT2D eigenvalue weighted by Gasteiger charge is -2.36. The van der Waals surface area contributed by atoms with Gasteiger partial charge in [-0.1, -0.05) is 18.2 Å². The summed E-state index contributed by atoms with van der Waals surface area (Å²) in [7, 11) is 1.86. The maximum absolute atomic E-state index is 12.6. The molecule has 7 heteroatoms. The molecular weight excluding hydrogens is 318 g/mol. The van der Waals surface area contributed by atoms with E-state index < -0.39 is 0 Å². The number of H-pyrrole nitrogens is 1. The van der Waals surface area contributed by atoms with Crippen LogP contribution in [0.15, 0.2) is 24.3 Å². The average molecular weight is 341 g/mol. The molecule has 2 atom stereocenters. The van der Waals surface area contributed by atoms with Gasteiger partial charge in [-0.05, 0) is 31.9 Å². The first-order valence-corrected chi connectivity index (χ1v) is 8.86. The fraction of sp³-hybridized carbons (Fsp3) is 0.500. The summed E-state index contributed by atoms with van der Waals surface area (Å²) >= 11 is 0. The highest BCUT2D eigenvalue weighted by Gasteiger charge is 2.36. The van der Waals surface area contributed by atoms with Crippen molar-refractivity contribution in [3.05, 3.63) is 30.0 Å². The molecule has 0 saturated carbocycles. The number of fused-ring (bicyclic) bond motifs is 1. The van der Waals surface area contributed by atoms with Gasteiger partial charge in [0.2, 0.25) is 5.91 Å². The molecule has 132 valence electrons. The number of carbonyl (C=O) groups excluding carboxylic acids is 2. The number of rotatable bonds is 3. The number of aromatic nitrogens is 2. The van der Waals surface area contributed by atoms with E-state index in [1.165, 1.54) is 0 Å². The Hall–Kier alpha value is -2.41. The highest BCUT2D eigenvalue weighted by molar-refractivity contribution is 6.04. The van der Waals surface area contributed by atoms with Crippen molar-refractivity contribution < 1.29 is 9.59 Å². The first-order chi connectivity index (χ1) is 12.1. The maximum atomic E-state index is 12.6. The normalized spacial score (nSPS) is 24.8. The molecule has 2 aliphatic rings. The summed E-state index contributed by atoms with van der Waals surface area (Å²) in [5, 5.41) is 11.0. The SMILES string of the molecule is CN1CCC(N2CCC[C@H](NC(=O)c3n[nH]c4ccccc34)C2)C1=O. The Balaban J connectivity index is 1.44. The predicted molar refractivity (Wildman–Crippen MR) is 94.2 cm³/mol. The summed E-state index contributed by atoms with van der Waals surface area (Å²) in [6.45, 7) is 2.45. The minimum Gasteiger partial charge on any atom is -0.347 e. The number of hydrogen-bond acceptors (Lipinski definition) is 4. The molecule has 0 spiro atoms. The van der Waals surface area contributed by atoms with Crippen LogP contribution in [0, 0.1) is 0 Å². The van der Waals surface area contributed by atoms with Crippen LogP contribution in [0.1, 0.15) is 29.8 Å². The molecule has 4 rings (SSSR count). The number of likely N-dealkylation sites (tertiary alicyclic amines) is 2. The molecule has 7 nitrogen and oxygen atoms in total. The van der Waals surface area contributed by atoms with Gasteiger partial charge in [-0.25, -0.2) is 0 Å². The first-order valence-electron chi connectivity index (χ1n) is 8.86. The second-order valence-electron chi connectivity index (χ2n) is 6.99. The van der Waals surface area contributed by atoms with Crippen molar-refractivity contribution in [3.63, 3.8) is 0 Å². The zero-order valence-corrected chi connectivity index (χ0v) is 14.4. The van der Waals surface area contributed by atoms with Crippen molar-refractivity contribution in [2.24, 2.45) is 0 Å². The van der Waals surface area contributed by atoms with E-state index in [0.717, 1.165) is 49.8 Å². The average Bonchev–Trinajstić information content (AvgIpc) is 3.19. The fourth-order valence-corrected chi connectivity index (χ4v) is 3.94. The topological polar surface area (TPSA) is 81.3 Å². The molecule has 2 N–H and O–H groups in total. The monoisotopic (exact) mass is 341 g/mol. The van der Waals surface area contributed by atoms with E-state index in [2.05, 4.69) is 20.4 Å². The van der Waals surface area contributed by atoms with Crippen molar-refractivity contribution in [1.29, 1.82) is 0 Å². The quantitative estimate of drug-likeness (QED) is 0.872. The van der Waals surface area contributed by atoms with Crippen LogP contribution in [0.25, 0.3) is 10.9 Å². The number of piperidine rings is 1. The van der Waals surface area contributed by atoms with Gasteiger partial charge in [0.1, 0.15) is 0 Å². The standard InChI is InChI=1S/C18H23N5O2/c1-22-10-8-15(18(22)25)23-9-4-5-12(11-23)19-17(24)16-13-6-2-3-7-14(13)20-21-16/h2-3,6-7,12,15H,4-5,8-11H2,1H3,(H,19,24)(H,20,21)/t12-,15?/m0/s1. The van der Waals surface area contributed by atoms with Crippen LogP contribution in [0.5, 0.6) is 0 Å². The molecule has 2 fully saturated rings. The summed E-state index contributed by atoms with van der Waals surface area (Å²) in [4.78, 5) is 28.9. The molecule has 0 bridgehead atoms. The van der Waals surface area contributed by atoms with E-state index in [9.17, 15) is 9.59 Å². The zero-order valence-electron chi connectivity index (χ0n) is 14.4. The summed E-state index contributed by atoms with van der Waals surface area (Å²) < 4.78 is 0. The number of hydrogen-bond donors (Lipinski definition) is 2. The van der Waals surface area contributed by atoms with Gasteiger partial charge in [-0.2, -0.15) is 5.10 Å². The van der Waals surface area contributed by atoms with Crippen LogP contribution in [-0.2, 0) is 4.79 Å². The second-order valence-corrected chi connectivity index (χ2v) is 6.99. The number of aromatic amines is 1. The Morgan fingerprint density at radius 1 is 1.28 bits per heavy atom. The molecule has 1 unspecified atom stereocenters. The molecule has 25 heavy (non-hydrogen) atoms. The first kappa shape index (κ1) is 16.1. The second kappa shape index (κ2) is 6.48. The van der Waals surface area contributed by atoms with Crippen LogP contribution < -0.4 is 5.32 Å². The zero-order chi connectivity index (χ0) is 17.4. The minimum absolute atomic E-state index is 0.0316. The van der Waals surface area contributed by atoms with E-state index >= 15 is 0 Å². The molecule has 0 radical (unpaired) electrons. The van der Waals surface area contributed by atoms with E-state index in [-0.39, 0.29) is 23.9 Å². The van der Waals surface area contributed by atoms with Crippen molar-refractivity contribution >= 4 is 22.7 Å². The van der Waals surface area contributed by atoms with Gasteiger partial charge in [0.05, 0.1) is 11.6 Å². The largest absolute Gasteiger partial charge is 0.347 e. The number of para-hydroxylation sites is 1. The third kappa shape index (κ3) is 3.00. The Morgan fingerprint density at radius 2 is 2.12 bits per heavy atom. The minimum atomic E-state index is -0.154. The van der Waals surface area contributed by atoms with Gasteiger partial charge < -0.3 is 10.2 Å². The van der Waals surface area contributed by atoms with Crippen molar-refractivity contribution in [2.45, 2.75) is 31.3 Å². The number of carbonyl (C=O) groups is 2. The van der Waals surface area contributed by atoms with E-state index in [1.807, 2.05) is 31.3 Å². The molecule has 1 aromatic heterocycles. The number of nitrogens with zero attached hydrogens (tertiary/aromatic N) is 3. The highest BCUT2D eigenvalue weighted by atomic mass is 16.2.